The summed E-state index contributed by atoms with van der Waals surface area (Å²) >= 11 is 0. The first-order valence-electron chi connectivity index (χ1n) is 5.73. The average Bonchev–Trinajstić information content (AvgIpc) is 2.31. The van der Waals surface area contributed by atoms with Crippen molar-refractivity contribution in [2.75, 3.05) is 5.75 Å². The molecule has 4 nitrogen and oxygen atoms in total. The van der Waals surface area contributed by atoms with Crippen LogP contribution in [0.3, 0.4) is 0 Å². The molecule has 0 bridgehead atoms. The lowest BCUT2D eigenvalue weighted by Crippen LogP contribution is -2.32. The number of nitrogens with one attached hydrogen (secondary N) is 1. The highest BCUT2D eigenvalue weighted by Crippen LogP contribution is 2.15. The van der Waals surface area contributed by atoms with Gasteiger partial charge in [0.25, 0.3) is 5.91 Å². The maximum Gasteiger partial charge on any atom is 0.267 e. The van der Waals surface area contributed by atoms with E-state index in [0.717, 1.165) is 6.42 Å². The van der Waals surface area contributed by atoms with Crippen LogP contribution in [0.1, 0.15) is 36.2 Å². The summed E-state index contributed by atoms with van der Waals surface area (Å²) in [6.45, 7) is 3.30. The van der Waals surface area contributed by atoms with Crippen LogP contribution < -0.4 is 4.72 Å². The summed E-state index contributed by atoms with van der Waals surface area (Å²) in [6.07, 6.45) is 1.25. The summed E-state index contributed by atoms with van der Waals surface area (Å²) in [5.41, 5.74) is 0.178. The third-order valence-electron chi connectivity index (χ3n) is 2.47. The third kappa shape index (κ3) is 3.53. The summed E-state index contributed by atoms with van der Waals surface area (Å²) < 4.78 is 38.3. The molecule has 1 N–H and O–H groups in total. The van der Waals surface area contributed by atoms with E-state index in [-0.39, 0.29) is 11.3 Å². The number of sulfonamides is 1. The molecular formula is C12H16FNO3S. The molecule has 0 spiro atoms. The Labute approximate surface area is 106 Å². The van der Waals surface area contributed by atoms with Gasteiger partial charge in [0.15, 0.2) is 0 Å². The van der Waals surface area contributed by atoms with Crippen molar-refractivity contribution in [3.05, 3.63) is 35.1 Å². The molecule has 0 aliphatic heterocycles. The maximum atomic E-state index is 13.9. The summed E-state index contributed by atoms with van der Waals surface area (Å²) in [5.74, 6) is -1.80. The van der Waals surface area contributed by atoms with Gasteiger partial charge in [-0.1, -0.05) is 25.5 Å². The van der Waals surface area contributed by atoms with E-state index in [9.17, 15) is 17.6 Å². The van der Waals surface area contributed by atoms with E-state index in [1.54, 1.807) is 12.1 Å². The van der Waals surface area contributed by atoms with E-state index in [2.05, 4.69) is 0 Å². The van der Waals surface area contributed by atoms with E-state index in [4.69, 9.17) is 0 Å². The van der Waals surface area contributed by atoms with Crippen LogP contribution in [-0.4, -0.2) is 20.1 Å². The molecule has 0 radical (unpaired) electrons. The highest BCUT2D eigenvalue weighted by molar-refractivity contribution is 7.90. The number of benzene rings is 1. The first-order chi connectivity index (χ1) is 8.41. The lowest BCUT2D eigenvalue weighted by molar-refractivity contribution is 0.0977. The predicted octanol–water partition coefficient (Wildman–Crippen LogP) is 1.86. The molecule has 1 rings (SSSR count). The molecule has 0 saturated heterocycles. The Morgan fingerprint density at radius 1 is 1.33 bits per heavy atom. The predicted molar refractivity (Wildman–Crippen MR) is 67.3 cm³/mol. The van der Waals surface area contributed by atoms with Crippen LogP contribution in [0.2, 0.25) is 0 Å². The van der Waals surface area contributed by atoms with Gasteiger partial charge >= 0.3 is 0 Å². The smallest absolute Gasteiger partial charge is 0.267 e. The highest BCUT2D eigenvalue weighted by Gasteiger charge is 2.18. The minimum atomic E-state index is -3.67. The summed E-state index contributed by atoms with van der Waals surface area (Å²) in [4.78, 5) is 11.7. The van der Waals surface area contributed by atoms with Crippen LogP contribution in [0.4, 0.5) is 4.39 Å². The number of amides is 1. The fraction of sp³-hybridized carbons (Fsp3) is 0.417. The number of halogens is 1. The Morgan fingerprint density at radius 3 is 2.56 bits per heavy atom. The van der Waals surface area contributed by atoms with Crippen molar-refractivity contribution in [1.82, 2.24) is 4.72 Å². The summed E-state index contributed by atoms with van der Waals surface area (Å²) in [6, 6.07) is 4.40. The van der Waals surface area contributed by atoms with Crippen LogP contribution in [0.5, 0.6) is 0 Å². The van der Waals surface area contributed by atoms with Crippen LogP contribution in [-0.2, 0) is 16.4 Å². The van der Waals surface area contributed by atoms with Gasteiger partial charge in [-0.15, -0.1) is 0 Å². The fourth-order valence-corrected chi connectivity index (χ4v) is 2.02. The monoisotopic (exact) mass is 273 g/mol. The zero-order valence-corrected chi connectivity index (χ0v) is 11.2. The maximum absolute atomic E-state index is 13.9. The van der Waals surface area contributed by atoms with Gasteiger partial charge in [0, 0.05) is 0 Å². The molecular weight excluding hydrogens is 257 g/mol. The van der Waals surface area contributed by atoms with Gasteiger partial charge < -0.3 is 0 Å². The Morgan fingerprint density at radius 2 is 2.00 bits per heavy atom. The topological polar surface area (TPSA) is 63.2 Å². The van der Waals surface area contributed by atoms with E-state index < -0.39 is 21.7 Å². The molecule has 1 amide bonds. The van der Waals surface area contributed by atoms with Gasteiger partial charge in [-0.3, -0.25) is 4.79 Å². The molecule has 18 heavy (non-hydrogen) atoms. The molecule has 100 valence electrons. The summed E-state index contributed by atoms with van der Waals surface area (Å²) in [5, 5.41) is 0. The van der Waals surface area contributed by atoms with Crippen molar-refractivity contribution < 1.29 is 17.6 Å². The molecule has 6 heteroatoms. The molecule has 0 aromatic heterocycles. The van der Waals surface area contributed by atoms with Gasteiger partial charge in [0.1, 0.15) is 5.82 Å². The number of rotatable bonds is 5. The van der Waals surface area contributed by atoms with Gasteiger partial charge in [0.05, 0.1) is 11.3 Å². The van der Waals surface area contributed by atoms with Crippen LogP contribution in [0.15, 0.2) is 18.2 Å². The SMILES string of the molecule is CCCc1cccc(C(=O)NS(=O)(=O)CC)c1F. The molecule has 0 fully saturated rings. The highest BCUT2D eigenvalue weighted by atomic mass is 32.2. The molecule has 0 heterocycles. The van der Waals surface area contributed by atoms with E-state index in [0.29, 0.717) is 12.0 Å². The van der Waals surface area contributed by atoms with E-state index in [1.165, 1.54) is 13.0 Å². The zero-order valence-electron chi connectivity index (χ0n) is 10.4. The number of hydrogen-bond donors (Lipinski definition) is 1. The van der Waals surface area contributed by atoms with Crippen molar-refractivity contribution in [2.45, 2.75) is 26.7 Å². The van der Waals surface area contributed by atoms with Crippen molar-refractivity contribution in [2.24, 2.45) is 0 Å². The second-order valence-electron chi connectivity index (χ2n) is 3.86. The second-order valence-corrected chi connectivity index (χ2v) is 5.87. The molecule has 0 aliphatic rings. The minimum absolute atomic E-state index is 0.227. The van der Waals surface area contributed by atoms with Crippen molar-refractivity contribution in [1.29, 1.82) is 0 Å². The molecule has 0 atom stereocenters. The van der Waals surface area contributed by atoms with Gasteiger partial charge in [-0.05, 0) is 25.0 Å². The Hall–Kier alpha value is -1.43. The van der Waals surface area contributed by atoms with Gasteiger partial charge in [0.2, 0.25) is 10.0 Å². The lowest BCUT2D eigenvalue weighted by Gasteiger charge is -2.08. The van der Waals surface area contributed by atoms with Crippen LogP contribution in [0, 0.1) is 5.82 Å². The Bertz CT molecular complexity index is 540. The molecule has 0 saturated carbocycles. The number of hydrogen-bond acceptors (Lipinski definition) is 3. The molecule has 1 aromatic rings. The molecule has 0 aliphatic carbocycles. The standard InChI is InChI=1S/C12H16FNO3S/c1-3-6-9-7-5-8-10(11(9)13)12(15)14-18(16,17)4-2/h5,7-8H,3-4,6H2,1-2H3,(H,14,15). The number of aryl methyl sites for hydroxylation is 1. The first-order valence-corrected chi connectivity index (χ1v) is 7.38. The Balaban J connectivity index is 3.03. The van der Waals surface area contributed by atoms with Crippen LogP contribution in [0.25, 0.3) is 0 Å². The first kappa shape index (κ1) is 14.6. The van der Waals surface area contributed by atoms with E-state index in [1.807, 2.05) is 11.6 Å². The normalized spacial score (nSPS) is 11.3. The number of carbonyl (C=O) groups is 1. The lowest BCUT2D eigenvalue weighted by atomic mass is 10.1. The summed E-state index contributed by atoms with van der Waals surface area (Å²) in [7, 11) is -3.67. The van der Waals surface area contributed by atoms with E-state index >= 15 is 0 Å². The van der Waals surface area contributed by atoms with Crippen molar-refractivity contribution >= 4 is 15.9 Å². The van der Waals surface area contributed by atoms with Crippen LogP contribution >= 0.6 is 0 Å². The largest absolute Gasteiger partial charge is 0.268 e. The fourth-order valence-electron chi connectivity index (χ4n) is 1.49. The number of carbonyl (C=O) groups excluding carboxylic acids is 1. The minimum Gasteiger partial charge on any atom is -0.268 e. The quantitative estimate of drug-likeness (QED) is 0.890. The average molecular weight is 273 g/mol. The van der Waals surface area contributed by atoms with Crippen molar-refractivity contribution in [3.63, 3.8) is 0 Å². The van der Waals surface area contributed by atoms with Crippen molar-refractivity contribution in [3.8, 4) is 0 Å². The second kappa shape index (κ2) is 5.95. The third-order valence-corrected chi connectivity index (χ3v) is 3.73. The molecule has 0 unspecified atom stereocenters. The van der Waals surface area contributed by atoms with Gasteiger partial charge in [-0.25, -0.2) is 17.5 Å². The van der Waals surface area contributed by atoms with Gasteiger partial charge in [-0.2, -0.15) is 0 Å². The molecule has 1 aromatic carbocycles. The zero-order chi connectivity index (χ0) is 13.8. The Kier molecular flexibility index (Phi) is 4.84.